The number of nitro groups is 1. The minimum Gasteiger partial charge on any atom is -0.490 e. The first-order chi connectivity index (χ1) is 7.47. The maximum Gasteiger partial charge on any atom is 0.315 e. The van der Waals surface area contributed by atoms with Gasteiger partial charge >= 0.3 is 5.69 Å². The minimum atomic E-state index is -0.594. The van der Waals surface area contributed by atoms with Crippen molar-refractivity contribution in [3.8, 4) is 5.75 Å². The van der Waals surface area contributed by atoms with Crippen LogP contribution >= 0.6 is 11.6 Å². The van der Waals surface area contributed by atoms with Gasteiger partial charge in [-0.05, 0) is 19.1 Å². The van der Waals surface area contributed by atoms with Crippen molar-refractivity contribution in [1.82, 2.24) is 0 Å². The Morgan fingerprint density at radius 3 is 2.62 bits per heavy atom. The number of benzene rings is 1. The Balaban J connectivity index is 3.41. The Bertz CT molecular complexity index is 445. The molecule has 0 unspecified atom stereocenters. The van der Waals surface area contributed by atoms with Crippen LogP contribution in [0.1, 0.15) is 12.5 Å². The van der Waals surface area contributed by atoms with Gasteiger partial charge < -0.3 is 4.74 Å². The molecule has 0 saturated carbocycles. The van der Waals surface area contributed by atoms with Crippen LogP contribution in [0.15, 0.2) is 12.1 Å². The standard InChI is InChI=1S/C10H10ClNO4/c1-6(13)5-7-8(11)3-4-9(16-2)10(7)12(14)15/h3-4H,5H2,1-2H3. The summed E-state index contributed by atoms with van der Waals surface area (Å²) < 4.78 is 4.87. The third-order valence-corrected chi connectivity index (χ3v) is 2.37. The predicted molar refractivity (Wildman–Crippen MR) is 59.0 cm³/mol. The highest BCUT2D eigenvalue weighted by molar-refractivity contribution is 6.32. The molecule has 0 amide bonds. The monoisotopic (exact) mass is 243 g/mol. The SMILES string of the molecule is COc1ccc(Cl)c(CC(C)=O)c1[N+](=O)[O-]. The highest BCUT2D eigenvalue weighted by Crippen LogP contribution is 2.35. The first-order valence-electron chi connectivity index (χ1n) is 4.46. The van der Waals surface area contributed by atoms with Crippen LogP contribution in [-0.2, 0) is 11.2 Å². The number of hydrogen-bond donors (Lipinski definition) is 0. The quantitative estimate of drug-likeness (QED) is 0.601. The normalized spacial score (nSPS) is 9.94. The Morgan fingerprint density at radius 1 is 1.56 bits per heavy atom. The van der Waals surface area contributed by atoms with Gasteiger partial charge in [-0.15, -0.1) is 0 Å². The zero-order valence-corrected chi connectivity index (χ0v) is 9.58. The summed E-state index contributed by atoms with van der Waals surface area (Å²) in [6.07, 6.45) is -0.0770. The number of halogens is 1. The molecule has 0 atom stereocenters. The molecule has 0 bridgehead atoms. The van der Waals surface area contributed by atoms with Gasteiger partial charge in [-0.25, -0.2) is 0 Å². The maximum atomic E-state index is 11.0. The number of methoxy groups -OCH3 is 1. The lowest BCUT2D eigenvalue weighted by molar-refractivity contribution is -0.386. The molecule has 0 aliphatic carbocycles. The van der Waals surface area contributed by atoms with Crippen LogP contribution in [0.5, 0.6) is 5.75 Å². The van der Waals surface area contributed by atoms with Gasteiger partial charge in [0.2, 0.25) is 0 Å². The van der Waals surface area contributed by atoms with E-state index in [2.05, 4.69) is 0 Å². The number of carbonyl (C=O) groups excluding carboxylic acids is 1. The van der Waals surface area contributed by atoms with E-state index < -0.39 is 4.92 Å². The van der Waals surface area contributed by atoms with E-state index in [0.717, 1.165) is 0 Å². The number of Topliss-reactive ketones (excluding diaryl/α,β-unsaturated/α-hetero) is 1. The van der Waals surface area contributed by atoms with E-state index >= 15 is 0 Å². The van der Waals surface area contributed by atoms with Crippen LogP contribution in [-0.4, -0.2) is 17.8 Å². The maximum absolute atomic E-state index is 11.0. The van der Waals surface area contributed by atoms with Gasteiger partial charge in [-0.1, -0.05) is 11.6 Å². The van der Waals surface area contributed by atoms with E-state index in [1.54, 1.807) is 0 Å². The number of nitro benzene ring substituents is 1. The molecule has 0 radical (unpaired) electrons. The van der Waals surface area contributed by atoms with Gasteiger partial charge in [0.25, 0.3) is 0 Å². The van der Waals surface area contributed by atoms with E-state index in [9.17, 15) is 14.9 Å². The zero-order valence-electron chi connectivity index (χ0n) is 8.82. The summed E-state index contributed by atoms with van der Waals surface area (Å²) in [6.45, 7) is 1.35. The van der Waals surface area contributed by atoms with Crippen molar-refractivity contribution in [3.63, 3.8) is 0 Å². The highest BCUT2D eigenvalue weighted by atomic mass is 35.5. The van der Waals surface area contributed by atoms with Crippen molar-refractivity contribution in [2.24, 2.45) is 0 Å². The van der Waals surface area contributed by atoms with Crippen LogP contribution in [0.3, 0.4) is 0 Å². The van der Waals surface area contributed by atoms with Crippen molar-refractivity contribution < 1.29 is 14.5 Å². The van der Waals surface area contributed by atoms with Gasteiger partial charge in [-0.3, -0.25) is 14.9 Å². The molecule has 86 valence electrons. The molecule has 6 heteroatoms. The lowest BCUT2D eigenvalue weighted by Gasteiger charge is -2.07. The van der Waals surface area contributed by atoms with Crippen molar-refractivity contribution in [2.75, 3.05) is 7.11 Å². The molecule has 0 fully saturated rings. The van der Waals surface area contributed by atoms with Crippen molar-refractivity contribution in [3.05, 3.63) is 32.8 Å². The molecule has 5 nitrogen and oxygen atoms in total. The van der Waals surface area contributed by atoms with Gasteiger partial charge in [0.05, 0.1) is 22.6 Å². The predicted octanol–water partition coefficient (Wildman–Crippen LogP) is 2.39. The molecule has 0 spiro atoms. The summed E-state index contributed by atoms with van der Waals surface area (Å²) in [6, 6.07) is 2.88. The zero-order chi connectivity index (χ0) is 12.3. The van der Waals surface area contributed by atoms with Crippen molar-refractivity contribution >= 4 is 23.1 Å². The minimum absolute atomic E-state index is 0.0770. The number of nitrogens with zero attached hydrogens (tertiary/aromatic N) is 1. The molecular formula is C10H10ClNO4. The van der Waals surface area contributed by atoms with Crippen molar-refractivity contribution in [1.29, 1.82) is 0 Å². The largest absolute Gasteiger partial charge is 0.490 e. The van der Waals surface area contributed by atoms with Gasteiger partial charge in [0.15, 0.2) is 5.75 Å². The molecule has 0 aromatic heterocycles. The Labute approximate surface area is 97.1 Å². The van der Waals surface area contributed by atoms with E-state index in [4.69, 9.17) is 16.3 Å². The molecule has 0 aliphatic rings. The number of hydrogen-bond acceptors (Lipinski definition) is 4. The third kappa shape index (κ3) is 2.49. The lowest BCUT2D eigenvalue weighted by atomic mass is 10.1. The fourth-order valence-corrected chi connectivity index (χ4v) is 1.59. The molecule has 1 rings (SSSR count). The van der Waals surface area contributed by atoms with Crippen LogP contribution in [0.2, 0.25) is 5.02 Å². The van der Waals surface area contributed by atoms with Crippen LogP contribution in [0, 0.1) is 10.1 Å². The molecule has 0 aliphatic heterocycles. The molecule has 0 saturated heterocycles. The number of ether oxygens (including phenoxy) is 1. The van der Waals surface area contributed by atoms with E-state index in [-0.39, 0.29) is 34.2 Å². The molecule has 0 heterocycles. The lowest BCUT2D eigenvalue weighted by Crippen LogP contribution is -2.04. The molecular weight excluding hydrogens is 234 g/mol. The summed E-state index contributed by atoms with van der Waals surface area (Å²) in [5.74, 6) is -0.0936. The van der Waals surface area contributed by atoms with E-state index in [1.807, 2.05) is 0 Å². The summed E-state index contributed by atoms with van der Waals surface area (Å²) in [4.78, 5) is 21.3. The highest BCUT2D eigenvalue weighted by Gasteiger charge is 2.24. The fourth-order valence-electron chi connectivity index (χ4n) is 1.37. The topological polar surface area (TPSA) is 69.4 Å². The number of carbonyl (C=O) groups is 1. The van der Waals surface area contributed by atoms with E-state index in [1.165, 1.54) is 26.2 Å². The molecule has 0 N–H and O–H groups in total. The van der Waals surface area contributed by atoms with Crippen LogP contribution in [0.4, 0.5) is 5.69 Å². The summed E-state index contributed by atoms with van der Waals surface area (Å²) >= 11 is 5.83. The van der Waals surface area contributed by atoms with Gasteiger partial charge in [0.1, 0.15) is 5.78 Å². The average molecular weight is 244 g/mol. The van der Waals surface area contributed by atoms with E-state index in [0.29, 0.717) is 0 Å². The molecule has 1 aromatic rings. The first kappa shape index (κ1) is 12.4. The van der Waals surface area contributed by atoms with Crippen LogP contribution in [0.25, 0.3) is 0 Å². The smallest absolute Gasteiger partial charge is 0.315 e. The Hall–Kier alpha value is -1.62. The third-order valence-electron chi connectivity index (χ3n) is 2.02. The van der Waals surface area contributed by atoms with Crippen LogP contribution < -0.4 is 4.74 Å². The summed E-state index contributed by atoms with van der Waals surface area (Å²) in [7, 11) is 1.33. The molecule has 16 heavy (non-hydrogen) atoms. The molecule has 1 aromatic carbocycles. The number of ketones is 1. The second-order valence-corrected chi connectivity index (χ2v) is 3.62. The first-order valence-corrected chi connectivity index (χ1v) is 4.84. The van der Waals surface area contributed by atoms with Gasteiger partial charge in [0, 0.05) is 6.42 Å². The average Bonchev–Trinajstić information content (AvgIpc) is 2.19. The summed E-state index contributed by atoms with van der Waals surface area (Å²) in [5, 5.41) is 11.1. The number of rotatable bonds is 4. The Morgan fingerprint density at radius 2 is 2.19 bits per heavy atom. The second-order valence-electron chi connectivity index (χ2n) is 3.21. The fraction of sp³-hybridized carbons (Fsp3) is 0.300. The second kappa shape index (κ2) is 4.94. The van der Waals surface area contributed by atoms with Crippen molar-refractivity contribution in [2.45, 2.75) is 13.3 Å². The Kier molecular flexibility index (Phi) is 3.84. The summed E-state index contributed by atoms with van der Waals surface area (Å²) in [5.41, 5.74) is -0.0521. The van der Waals surface area contributed by atoms with Gasteiger partial charge in [-0.2, -0.15) is 0 Å².